The van der Waals surface area contributed by atoms with E-state index in [1.165, 1.54) is 28.7 Å². The number of rotatable bonds is 8. The topological polar surface area (TPSA) is 96.3 Å². The number of fused-ring (bicyclic) bond motifs is 2. The Balaban J connectivity index is 0.000000172. The Hall–Kier alpha value is -5.70. The molecule has 0 bridgehead atoms. The summed E-state index contributed by atoms with van der Waals surface area (Å²) in [5, 5.41) is 8.35. The quantitative estimate of drug-likeness (QED) is 0.125. The average molecular weight is 747 g/mol. The third-order valence-corrected chi connectivity index (χ3v) is 11.3. The summed E-state index contributed by atoms with van der Waals surface area (Å²) in [6.07, 6.45) is 12.1. The molecule has 0 spiro atoms. The van der Waals surface area contributed by atoms with Crippen molar-refractivity contribution in [2.75, 3.05) is 36.8 Å². The van der Waals surface area contributed by atoms with E-state index in [2.05, 4.69) is 102 Å². The number of nitrogens with zero attached hydrogens (tertiary/aromatic N) is 2. The number of benzene rings is 4. The van der Waals surface area contributed by atoms with E-state index in [-0.39, 0.29) is 17.4 Å². The van der Waals surface area contributed by atoms with Crippen LogP contribution in [0.3, 0.4) is 0 Å². The van der Waals surface area contributed by atoms with Crippen LogP contribution in [0.2, 0.25) is 0 Å². The number of aromatic amines is 2. The van der Waals surface area contributed by atoms with Crippen molar-refractivity contribution >= 4 is 56.1 Å². The number of hydrogen-bond donors (Lipinski definition) is 4. The third kappa shape index (κ3) is 8.88. The molecule has 0 aliphatic carbocycles. The summed E-state index contributed by atoms with van der Waals surface area (Å²) >= 11 is 0. The van der Waals surface area contributed by atoms with Crippen LogP contribution >= 0.6 is 0 Å². The van der Waals surface area contributed by atoms with Crippen LogP contribution < -0.4 is 10.6 Å². The number of anilines is 2. The van der Waals surface area contributed by atoms with Crippen LogP contribution in [-0.2, 0) is 0 Å². The van der Waals surface area contributed by atoms with Crippen LogP contribution in [0.1, 0.15) is 85.7 Å². The minimum Gasteiger partial charge on any atom is -0.361 e. The highest BCUT2D eigenvalue weighted by atomic mass is 16.2. The van der Waals surface area contributed by atoms with Crippen molar-refractivity contribution in [1.82, 2.24) is 19.8 Å². The molecule has 2 amide bonds. The fourth-order valence-corrected chi connectivity index (χ4v) is 7.62. The van der Waals surface area contributed by atoms with Crippen molar-refractivity contribution < 1.29 is 9.59 Å². The van der Waals surface area contributed by atoms with E-state index in [9.17, 15) is 9.59 Å². The monoisotopic (exact) mass is 746 g/mol. The molecule has 8 heteroatoms. The Labute approximate surface area is 330 Å². The Morgan fingerprint density at radius 3 is 1.57 bits per heavy atom. The van der Waals surface area contributed by atoms with Crippen LogP contribution in [0, 0.1) is 0 Å². The molecule has 288 valence electrons. The summed E-state index contributed by atoms with van der Waals surface area (Å²) in [7, 11) is 0. The summed E-state index contributed by atoms with van der Waals surface area (Å²) < 4.78 is 0. The second-order valence-corrected chi connectivity index (χ2v) is 15.9. The number of carbonyl (C=O) groups is 2. The lowest BCUT2D eigenvalue weighted by Crippen LogP contribution is -2.43. The molecule has 4 heterocycles. The number of nitrogens with one attached hydrogen (secondary N) is 4. The molecule has 8 nitrogen and oxygen atoms in total. The number of carbonyl (C=O) groups excluding carboxylic acids is 2. The number of hydrogen-bond acceptors (Lipinski definition) is 4. The molecule has 0 radical (unpaired) electrons. The summed E-state index contributed by atoms with van der Waals surface area (Å²) in [6.45, 7) is 15.5. The maximum Gasteiger partial charge on any atom is 0.255 e. The van der Waals surface area contributed by atoms with Crippen LogP contribution in [0.15, 0.2) is 122 Å². The molecular formula is C48H54N6O2. The van der Waals surface area contributed by atoms with Crippen molar-refractivity contribution in [2.45, 2.75) is 65.5 Å². The largest absolute Gasteiger partial charge is 0.361 e. The van der Waals surface area contributed by atoms with Crippen LogP contribution in [-0.4, -0.2) is 69.3 Å². The lowest BCUT2D eigenvalue weighted by Gasteiger charge is -2.37. The molecule has 56 heavy (non-hydrogen) atoms. The summed E-state index contributed by atoms with van der Waals surface area (Å²) in [4.78, 5) is 36.7. The molecule has 0 saturated carbocycles. The number of amides is 2. The summed E-state index contributed by atoms with van der Waals surface area (Å²) in [5.41, 5.74) is 10.6. The first-order valence-electron chi connectivity index (χ1n) is 19.9. The fourth-order valence-electron chi connectivity index (χ4n) is 7.62. The van der Waals surface area contributed by atoms with Gasteiger partial charge in [0.1, 0.15) is 0 Å². The minimum absolute atomic E-state index is 0.0851. The second kappa shape index (κ2) is 17.0. The van der Waals surface area contributed by atoms with Gasteiger partial charge in [-0.05, 0) is 119 Å². The standard InChI is InChI=1S/2C24H27N3O/c1-24(2,3)27-13-11-17(12-14-27)21-16-25-22-10-9-19(15-20(21)22)26-23(28)18-7-5-4-6-8-18;1-3-17(2)27-13-11-18(12-14-27)22-16-25-23-10-9-20(15-21(22)23)26-24(28)19-7-5-4-6-8-19/h4-11,15-16,25H,12-14H2,1-3H3,(H,26,28);4-11,15-17,25H,3,12-14H2,1-2H3,(H,26,28). The molecule has 2 aliphatic rings. The first kappa shape index (κ1) is 38.6. The smallest absolute Gasteiger partial charge is 0.255 e. The van der Waals surface area contributed by atoms with Crippen molar-refractivity contribution in [2.24, 2.45) is 0 Å². The van der Waals surface area contributed by atoms with Gasteiger partial charge in [-0.1, -0.05) is 55.5 Å². The van der Waals surface area contributed by atoms with Gasteiger partial charge in [0.25, 0.3) is 11.8 Å². The van der Waals surface area contributed by atoms with Gasteiger partial charge in [0, 0.05) is 106 Å². The molecule has 4 aromatic carbocycles. The van der Waals surface area contributed by atoms with E-state index < -0.39 is 0 Å². The number of H-pyrrole nitrogens is 2. The van der Waals surface area contributed by atoms with Gasteiger partial charge < -0.3 is 20.6 Å². The highest BCUT2D eigenvalue weighted by molar-refractivity contribution is 6.07. The van der Waals surface area contributed by atoms with Gasteiger partial charge in [-0.25, -0.2) is 0 Å². The predicted octanol–water partition coefficient (Wildman–Crippen LogP) is 10.6. The lowest BCUT2D eigenvalue weighted by molar-refractivity contribution is 0.101. The van der Waals surface area contributed by atoms with Crippen molar-refractivity contribution in [3.05, 3.63) is 144 Å². The zero-order chi connectivity index (χ0) is 39.2. The maximum absolute atomic E-state index is 12.5. The molecule has 1 unspecified atom stereocenters. The molecular weight excluding hydrogens is 693 g/mol. The van der Waals surface area contributed by atoms with E-state index in [1.54, 1.807) is 0 Å². The Morgan fingerprint density at radius 1 is 0.679 bits per heavy atom. The van der Waals surface area contributed by atoms with Crippen molar-refractivity contribution in [3.63, 3.8) is 0 Å². The Morgan fingerprint density at radius 2 is 1.16 bits per heavy atom. The van der Waals surface area contributed by atoms with Gasteiger partial charge in [-0.2, -0.15) is 0 Å². The van der Waals surface area contributed by atoms with Crippen LogP contribution in [0.5, 0.6) is 0 Å². The van der Waals surface area contributed by atoms with E-state index in [0.717, 1.165) is 72.2 Å². The maximum atomic E-state index is 12.5. The van der Waals surface area contributed by atoms with Gasteiger partial charge in [0.2, 0.25) is 0 Å². The van der Waals surface area contributed by atoms with Crippen LogP contribution in [0.4, 0.5) is 11.4 Å². The highest BCUT2D eigenvalue weighted by Crippen LogP contribution is 2.34. The Bertz CT molecular complexity index is 2360. The molecule has 2 aliphatic heterocycles. The first-order chi connectivity index (χ1) is 27.1. The van der Waals surface area contributed by atoms with E-state index in [1.807, 2.05) is 84.9 Å². The SMILES string of the molecule is CC(C)(C)N1CC=C(c2c[nH]c3ccc(NC(=O)c4ccccc4)cc23)CC1.CCC(C)N1CC=C(c2c[nH]c3ccc(NC(=O)c4ccccc4)cc23)CC1. The van der Waals surface area contributed by atoms with E-state index in [0.29, 0.717) is 17.2 Å². The van der Waals surface area contributed by atoms with Gasteiger partial charge in [0.15, 0.2) is 0 Å². The minimum atomic E-state index is -0.0882. The lowest BCUT2D eigenvalue weighted by atomic mass is 9.95. The van der Waals surface area contributed by atoms with E-state index >= 15 is 0 Å². The average Bonchev–Trinajstić information content (AvgIpc) is 3.85. The van der Waals surface area contributed by atoms with Gasteiger partial charge in [-0.3, -0.25) is 19.4 Å². The molecule has 4 N–H and O–H groups in total. The second-order valence-electron chi connectivity index (χ2n) is 15.9. The highest BCUT2D eigenvalue weighted by Gasteiger charge is 2.24. The van der Waals surface area contributed by atoms with E-state index in [4.69, 9.17) is 0 Å². The predicted molar refractivity (Wildman–Crippen MR) is 233 cm³/mol. The summed E-state index contributed by atoms with van der Waals surface area (Å²) in [6, 6.07) is 31.3. The van der Waals surface area contributed by atoms with Crippen LogP contribution in [0.25, 0.3) is 33.0 Å². The molecule has 2 aromatic heterocycles. The van der Waals surface area contributed by atoms with Gasteiger partial charge in [0.05, 0.1) is 0 Å². The third-order valence-electron chi connectivity index (χ3n) is 11.3. The zero-order valence-electron chi connectivity index (χ0n) is 33.3. The molecule has 6 aromatic rings. The first-order valence-corrected chi connectivity index (χ1v) is 19.9. The fraction of sp³-hybridized carbons (Fsp3) is 0.292. The number of aromatic nitrogens is 2. The zero-order valence-corrected chi connectivity index (χ0v) is 33.3. The van der Waals surface area contributed by atoms with Crippen molar-refractivity contribution in [1.29, 1.82) is 0 Å². The summed E-state index contributed by atoms with van der Waals surface area (Å²) in [5.74, 6) is -0.173. The van der Waals surface area contributed by atoms with Gasteiger partial charge in [-0.15, -0.1) is 0 Å². The molecule has 0 fully saturated rings. The Kier molecular flexibility index (Phi) is 11.7. The molecule has 8 rings (SSSR count). The van der Waals surface area contributed by atoms with Crippen molar-refractivity contribution in [3.8, 4) is 0 Å². The van der Waals surface area contributed by atoms with Gasteiger partial charge >= 0.3 is 0 Å². The molecule has 1 atom stereocenters. The normalized spacial score (nSPS) is 15.7. The molecule has 0 saturated heterocycles.